The predicted octanol–water partition coefficient (Wildman–Crippen LogP) is 5.41. The molecule has 3 heterocycles. The molecule has 0 saturated carbocycles. The molecule has 178 valence electrons. The van der Waals surface area contributed by atoms with Crippen LogP contribution < -0.4 is 5.32 Å². The molecule has 1 N–H and O–H groups in total. The third-order valence-corrected chi connectivity index (χ3v) is 6.40. The lowest BCUT2D eigenvalue weighted by molar-refractivity contribution is -0.137. The van der Waals surface area contributed by atoms with E-state index >= 15 is 0 Å². The molecule has 0 aliphatic rings. The first-order valence-corrected chi connectivity index (χ1v) is 11.6. The van der Waals surface area contributed by atoms with Crippen LogP contribution in [0.5, 0.6) is 0 Å². The summed E-state index contributed by atoms with van der Waals surface area (Å²) in [6.45, 7) is 4.06. The maximum absolute atomic E-state index is 12.9. The maximum atomic E-state index is 12.9. The van der Waals surface area contributed by atoms with E-state index in [9.17, 15) is 18.0 Å². The quantitative estimate of drug-likeness (QED) is 0.329. The number of amides is 1. The van der Waals surface area contributed by atoms with E-state index in [0.717, 1.165) is 51.8 Å². The number of carbonyl (C=O) groups is 1. The van der Waals surface area contributed by atoms with Crippen LogP contribution in [0.1, 0.15) is 16.7 Å². The number of nitrogens with zero attached hydrogens (tertiary/aromatic N) is 5. The molecule has 5 aromatic rings. The van der Waals surface area contributed by atoms with Crippen molar-refractivity contribution in [2.45, 2.75) is 25.2 Å². The number of halogens is 3. The molecule has 0 saturated heterocycles. The van der Waals surface area contributed by atoms with E-state index in [1.54, 1.807) is 21.3 Å². The standard InChI is InChI=1S/C24H19F3N6OS/c1-14-6-7-15(2)18(10-14)19-12-20-22-29-30-23(32(22)8-9-33(20)31-19)35-13-21(34)28-17-5-3-4-16(11-17)24(25,26)27/h3-12H,13H2,1-2H3,(H,28,34). The fraction of sp³-hybridized carbons (Fsp3) is 0.167. The van der Waals surface area contributed by atoms with Crippen molar-refractivity contribution in [1.29, 1.82) is 0 Å². The van der Waals surface area contributed by atoms with Gasteiger partial charge in [0.2, 0.25) is 5.91 Å². The number of aryl methyl sites for hydroxylation is 2. The van der Waals surface area contributed by atoms with Gasteiger partial charge in [0, 0.05) is 23.6 Å². The van der Waals surface area contributed by atoms with E-state index in [4.69, 9.17) is 0 Å². The number of nitrogens with one attached hydrogen (secondary N) is 1. The topological polar surface area (TPSA) is 76.6 Å². The third kappa shape index (κ3) is 4.59. The van der Waals surface area contributed by atoms with Gasteiger partial charge < -0.3 is 5.32 Å². The molecule has 11 heteroatoms. The highest BCUT2D eigenvalue weighted by atomic mass is 32.2. The van der Waals surface area contributed by atoms with E-state index in [2.05, 4.69) is 38.8 Å². The van der Waals surface area contributed by atoms with E-state index in [-0.39, 0.29) is 11.4 Å². The summed E-state index contributed by atoms with van der Waals surface area (Å²) >= 11 is 1.14. The summed E-state index contributed by atoms with van der Waals surface area (Å²) in [5.41, 5.74) is 4.70. The highest BCUT2D eigenvalue weighted by Crippen LogP contribution is 2.31. The van der Waals surface area contributed by atoms with Gasteiger partial charge in [-0.25, -0.2) is 4.52 Å². The zero-order valence-electron chi connectivity index (χ0n) is 18.7. The van der Waals surface area contributed by atoms with Gasteiger partial charge in [0.05, 0.1) is 17.0 Å². The zero-order valence-corrected chi connectivity index (χ0v) is 19.5. The molecule has 0 aliphatic heterocycles. The molecule has 0 fully saturated rings. The Bertz CT molecular complexity index is 1570. The second kappa shape index (κ2) is 8.73. The fourth-order valence-corrected chi connectivity index (χ4v) is 4.45. The molecule has 5 rings (SSSR count). The van der Waals surface area contributed by atoms with Crippen LogP contribution in [0.4, 0.5) is 18.9 Å². The van der Waals surface area contributed by atoms with Gasteiger partial charge in [0.1, 0.15) is 5.52 Å². The Morgan fingerprint density at radius 1 is 1.06 bits per heavy atom. The number of hydrogen-bond donors (Lipinski definition) is 1. The molecule has 7 nitrogen and oxygen atoms in total. The Balaban J connectivity index is 1.35. The largest absolute Gasteiger partial charge is 0.416 e. The normalized spacial score (nSPS) is 11.9. The zero-order chi connectivity index (χ0) is 24.7. The minimum atomic E-state index is -4.48. The molecule has 0 unspecified atom stereocenters. The molecule has 1 amide bonds. The van der Waals surface area contributed by atoms with Crippen LogP contribution in [-0.4, -0.2) is 35.9 Å². The number of carbonyl (C=O) groups excluding carboxylic acids is 1. The third-order valence-electron chi connectivity index (χ3n) is 5.46. The first kappa shape index (κ1) is 22.9. The van der Waals surface area contributed by atoms with Gasteiger partial charge in [-0.05, 0) is 49.7 Å². The monoisotopic (exact) mass is 496 g/mol. The summed E-state index contributed by atoms with van der Waals surface area (Å²) in [4.78, 5) is 12.4. The van der Waals surface area contributed by atoms with Gasteiger partial charge in [0.15, 0.2) is 10.8 Å². The van der Waals surface area contributed by atoms with Crippen molar-refractivity contribution in [2.24, 2.45) is 0 Å². The van der Waals surface area contributed by atoms with Crippen molar-refractivity contribution in [3.05, 3.63) is 77.6 Å². The minimum absolute atomic E-state index is 0.0464. The average Bonchev–Trinajstić information content (AvgIpc) is 3.42. The van der Waals surface area contributed by atoms with Crippen LogP contribution in [-0.2, 0) is 11.0 Å². The molecule has 2 aromatic carbocycles. The van der Waals surface area contributed by atoms with Gasteiger partial charge in [-0.2, -0.15) is 18.3 Å². The van der Waals surface area contributed by atoms with Gasteiger partial charge in [-0.15, -0.1) is 10.2 Å². The van der Waals surface area contributed by atoms with E-state index in [1.807, 2.05) is 19.9 Å². The second-order valence-corrected chi connectivity index (χ2v) is 9.01. The van der Waals surface area contributed by atoms with Crippen LogP contribution in [0.25, 0.3) is 22.4 Å². The molecule has 0 bridgehead atoms. The van der Waals surface area contributed by atoms with Crippen LogP contribution in [0.2, 0.25) is 0 Å². The molecular weight excluding hydrogens is 477 g/mol. The fourth-order valence-electron chi connectivity index (χ4n) is 3.73. The lowest BCUT2D eigenvalue weighted by atomic mass is 10.0. The van der Waals surface area contributed by atoms with E-state index in [1.165, 1.54) is 12.1 Å². The first-order chi connectivity index (χ1) is 16.7. The summed E-state index contributed by atoms with van der Waals surface area (Å²) in [6, 6.07) is 12.7. The number of anilines is 1. The number of rotatable bonds is 5. The SMILES string of the molecule is Cc1ccc(C)c(-c2cc3c4nnc(SCC(=O)Nc5cccc(C(F)(F)F)c5)n4ccn3n2)c1. The highest BCUT2D eigenvalue weighted by molar-refractivity contribution is 7.99. The van der Waals surface area contributed by atoms with Crippen LogP contribution in [0, 0.1) is 13.8 Å². The second-order valence-electron chi connectivity index (χ2n) is 8.07. The minimum Gasteiger partial charge on any atom is -0.325 e. The van der Waals surface area contributed by atoms with Gasteiger partial charge in [0.25, 0.3) is 0 Å². The molecule has 3 aromatic heterocycles. The van der Waals surface area contributed by atoms with Gasteiger partial charge in [-0.1, -0.05) is 35.5 Å². The summed E-state index contributed by atoms with van der Waals surface area (Å²) in [5.74, 6) is -0.497. The predicted molar refractivity (Wildman–Crippen MR) is 127 cm³/mol. The van der Waals surface area contributed by atoms with Crippen molar-refractivity contribution >= 4 is 34.5 Å². The Morgan fingerprint density at radius 3 is 2.69 bits per heavy atom. The lowest BCUT2D eigenvalue weighted by Crippen LogP contribution is -2.15. The van der Waals surface area contributed by atoms with Crippen LogP contribution >= 0.6 is 11.8 Å². The number of fused-ring (bicyclic) bond motifs is 3. The molecule has 0 atom stereocenters. The summed E-state index contributed by atoms with van der Waals surface area (Å²) in [7, 11) is 0. The molecular formula is C24H19F3N6OS. The number of benzene rings is 2. The maximum Gasteiger partial charge on any atom is 0.416 e. The van der Waals surface area contributed by atoms with Crippen LogP contribution in [0.3, 0.4) is 0 Å². The highest BCUT2D eigenvalue weighted by Gasteiger charge is 2.30. The van der Waals surface area contributed by atoms with Crippen molar-refractivity contribution < 1.29 is 18.0 Å². The number of thioether (sulfide) groups is 1. The van der Waals surface area contributed by atoms with Crippen molar-refractivity contribution in [2.75, 3.05) is 11.1 Å². The molecule has 35 heavy (non-hydrogen) atoms. The Kier molecular flexibility index (Phi) is 5.72. The van der Waals surface area contributed by atoms with Gasteiger partial charge in [-0.3, -0.25) is 9.20 Å². The van der Waals surface area contributed by atoms with Crippen molar-refractivity contribution in [1.82, 2.24) is 24.2 Å². The Labute approximate surface area is 202 Å². The molecule has 0 aliphatic carbocycles. The Morgan fingerprint density at radius 2 is 1.89 bits per heavy atom. The number of alkyl halides is 3. The average molecular weight is 497 g/mol. The first-order valence-electron chi connectivity index (χ1n) is 10.6. The van der Waals surface area contributed by atoms with Crippen molar-refractivity contribution in [3.8, 4) is 11.3 Å². The summed E-state index contributed by atoms with van der Waals surface area (Å²) in [6.07, 6.45) is -0.935. The van der Waals surface area contributed by atoms with E-state index < -0.39 is 17.6 Å². The number of hydrogen-bond acceptors (Lipinski definition) is 5. The van der Waals surface area contributed by atoms with Crippen molar-refractivity contribution in [3.63, 3.8) is 0 Å². The molecule has 0 spiro atoms. The van der Waals surface area contributed by atoms with Gasteiger partial charge >= 0.3 is 6.18 Å². The van der Waals surface area contributed by atoms with Crippen LogP contribution in [0.15, 0.2) is 66.1 Å². The summed E-state index contributed by atoms with van der Waals surface area (Å²) in [5, 5.41) is 16.1. The lowest BCUT2D eigenvalue weighted by Gasteiger charge is -2.09. The van der Waals surface area contributed by atoms with E-state index in [0.29, 0.717) is 10.8 Å². The smallest absolute Gasteiger partial charge is 0.325 e. The Hall–Kier alpha value is -3.86. The molecule has 0 radical (unpaired) electrons. The number of aromatic nitrogens is 5. The summed E-state index contributed by atoms with van der Waals surface area (Å²) < 4.78 is 42.2.